The molecule has 0 fully saturated rings. The molecule has 1 atom stereocenters. The summed E-state index contributed by atoms with van der Waals surface area (Å²) < 4.78 is 7.00. The van der Waals surface area contributed by atoms with Crippen molar-refractivity contribution in [2.24, 2.45) is 0 Å². The van der Waals surface area contributed by atoms with Crippen molar-refractivity contribution >= 4 is 11.6 Å². The van der Waals surface area contributed by atoms with E-state index in [1.165, 1.54) is 0 Å². The van der Waals surface area contributed by atoms with Crippen molar-refractivity contribution in [3.8, 4) is 11.4 Å². The molecule has 6 nitrogen and oxygen atoms in total. The first-order chi connectivity index (χ1) is 13.1. The van der Waals surface area contributed by atoms with E-state index in [4.69, 9.17) is 4.74 Å². The number of carbonyl (C=O) groups excluding carboxylic acids is 1. The summed E-state index contributed by atoms with van der Waals surface area (Å²) in [6.07, 6.45) is 3.27. The van der Waals surface area contributed by atoms with Crippen LogP contribution in [0.1, 0.15) is 17.3 Å². The first-order valence-corrected chi connectivity index (χ1v) is 8.84. The van der Waals surface area contributed by atoms with Gasteiger partial charge in [0.15, 0.2) is 0 Å². The molecule has 1 amide bonds. The lowest BCUT2D eigenvalue weighted by atomic mass is 10.2. The van der Waals surface area contributed by atoms with Gasteiger partial charge in [0.05, 0.1) is 18.9 Å². The van der Waals surface area contributed by atoms with Gasteiger partial charge in [-0.15, -0.1) is 0 Å². The molecule has 1 heterocycles. The van der Waals surface area contributed by atoms with Gasteiger partial charge in [0.2, 0.25) is 0 Å². The zero-order chi connectivity index (χ0) is 19.2. The summed E-state index contributed by atoms with van der Waals surface area (Å²) in [5.74, 6) is 0.551. The number of likely N-dealkylation sites (N-methyl/N-ethyl adjacent to an activating group) is 1. The maximum absolute atomic E-state index is 12.5. The summed E-state index contributed by atoms with van der Waals surface area (Å²) in [7, 11) is 3.63. The molecule has 3 aromatic rings. The number of para-hydroxylation sites is 3. The standard InChI is InChI=1S/C21H24N4O2/c1-16(24(2)18-9-5-4-6-10-18)13-22-21(26)17-14-23-25(15-17)19-11-7-8-12-20(19)27-3/h4-12,14-16H,13H2,1-3H3,(H,22,26)/t16-/m1/s1. The molecule has 0 aliphatic rings. The fourth-order valence-electron chi connectivity index (χ4n) is 2.79. The molecule has 27 heavy (non-hydrogen) atoms. The third-order valence-corrected chi connectivity index (χ3v) is 4.56. The van der Waals surface area contributed by atoms with Crippen LogP contribution in [0.2, 0.25) is 0 Å². The lowest BCUT2D eigenvalue weighted by Crippen LogP contribution is -2.40. The van der Waals surface area contributed by atoms with Gasteiger partial charge in [-0.2, -0.15) is 5.10 Å². The molecule has 0 saturated heterocycles. The van der Waals surface area contributed by atoms with Crippen molar-refractivity contribution in [2.75, 3.05) is 25.6 Å². The number of nitrogens with one attached hydrogen (secondary N) is 1. The van der Waals surface area contributed by atoms with E-state index in [9.17, 15) is 4.79 Å². The summed E-state index contributed by atoms with van der Waals surface area (Å²) in [6.45, 7) is 2.61. The molecule has 2 aromatic carbocycles. The normalized spacial score (nSPS) is 11.7. The summed E-state index contributed by atoms with van der Waals surface area (Å²) in [5, 5.41) is 7.27. The Hall–Kier alpha value is -3.28. The molecule has 1 aromatic heterocycles. The van der Waals surface area contributed by atoms with E-state index in [-0.39, 0.29) is 11.9 Å². The number of methoxy groups -OCH3 is 1. The molecule has 0 radical (unpaired) electrons. The highest BCUT2D eigenvalue weighted by atomic mass is 16.5. The van der Waals surface area contributed by atoms with Crippen molar-refractivity contribution in [3.05, 3.63) is 72.6 Å². The van der Waals surface area contributed by atoms with Gasteiger partial charge in [-0.05, 0) is 31.2 Å². The zero-order valence-corrected chi connectivity index (χ0v) is 15.8. The number of nitrogens with zero attached hydrogens (tertiary/aromatic N) is 3. The number of rotatable bonds is 7. The van der Waals surface area contributed by atoms with Crippen LogP contribution in [0.3, 0.4) is 0 Å². The molecule has 1 N–H and O–H groups in total. The van der Waals surface area contributed by atoms with Gasteiger partial charge in [-0.1, -0.05) is 30.3 Å². The molecule has 3 rings (SSSR count). The molecule has 0 aliphatic heterocycles. The van der Waals surface area contributed by atoms with Crippen molar-refractivity contribution < 1.29 is 9.53 Å². The van der Waals surface area contributed by atoms with Gasteiger partial charge < -0.3 is 15.0 Å². The van der Waals surface area contributed by atoms with Crippen molar-refractivity contribution in [2.45, 2.75) is 13.0 Å². The maximum Gasteiger partial charge on any atom is 0.254 e. The van der Waals surface area contributed by atoms with E-state index < -0.39 is 0 Å². The largest absolute Gasteiger partial charge is 0.494 e. The lowest BCUT2D eigenvalue weighted by Gasteiger charge is -2.27. The van der Waals surface area contributed by atoms with Crippen LogP contribution in [0.5, 0.6) is 5.75 Å². The summed E-state index contributed by atoms with van der Waals surface area (Å²) >= 11 is 0. The van der Waals surface area contributed by atoms with Crippen LogP contribution >= 0.6 is 0 Å². The fraction of sp³-hybridized carbons (Fsp3) is 0.238. The average Bonchev–Trinajstić information content (AvgIpc) is 3.22. The zero-order valence-electron chi connectivity index (χ0n) is 15.8. The number of carbonyl (C=O) groups is 1. The topological polar surface area (TPSA) is 59.4 Å². The van der Waals surface area contributed by atoms with E-state index in [1.807, 2.05) is 49.5 Å². The predicted molar refractivity (Wildman–Crippen MR) is 107 cm³/mol. The van der Waals surface area contributed by atoms with Crippen LogP contribution in [-0.4, -0.2) is 42.4 Å². The van der Waals surface area contributed by atoms with Crippen LogP contribution in [0, 0.1) is 0 Å². The highest BCUT2D eigenvalue weighted by Gasteiger charge is 2.14. The lowest BCUT2D eigenvalue weighted by molar-refractivity contribution is 0.0951. The minimum absolute atomic E-state index is 0.149. The van der Waals surface area contributed by atoms with Crippen molar-refractivity contribution in [1.82, 2.24) is 15.1 Å². The highest BCUT2D eigenvalue weighted by molar-refractivity contribution is 5.93. The average molecular weight is 364 g/mol. The van der Waals surface area contributed by atoms with Crippen molar-refractivity contribution in [1.29, 1.82) is 0 Å². The Bertz CT molecular complexity index is 892. The van der Waals surface area contributed by atoms with Gasteiger partial charge in [-0.25, -0.2) is 4.68 Å². The quantitative estimate of drug-likeness (QED) is 0.700. The van der Waals surface area contributed by atoms with Gasteiger partial charge in [0, 0.05) is 31.5 Å². The fourth-order valence-corrected chi connectivity index (χ4v) is 2.79. The second kappa shape index (κ2) is 8.40. The number of aromatic nitrogens is 2. The molecule has 0 bridgehead atoms. The van der Waals surface area contributed by atoms with E-state index in [0.717, 1.165) is 11.4 Å². The van der Waals surface area contributed by atoms with Crippen LogP contribution in [-0.2, 0) is 0 Å². The second-order valence-electron chi connectivity index (χ2n) is 6.35. The van der Waals surface area contributed by atoms with Gasteiger partial charge in [0.25, 0.3) is 5.91 Å². The minimum Gasteiger partial charge on any atom is -0.494 e. The Kier molecular flexibility index (Phi) is 5.76. The Morgan fingerprint density at radius 1 is 1.19 bits per heavy atom. The number of ether oxygens (including phenoxy) is 1. The van der Waals surface area contributed by atoms with Crippen LogP contribution in [0.25, 0.3) is 5.69 Å². The van der Waals surface area contributed by atoms with Crippen molar-refractivity contribution in [3.63, 3.8) is 0 Å². The molecule has 0 spiro atoms. The third kappa shape index (κ3) is 4.28. The number of hydrogen-bond acceptors (Lipinski definition) is 4. The summed E-state index contributed by atoms with van der Waals surface area (Å²) in [6, 6.07) is 17.8. The Balaban J connectivity index is 1.63. The highest BCUT2D eigenvalue weighted by Crippen LogP contribution is 2.21. The molecule has 140 valence electrons. The van der Waals surface area contributed by atoms with Gasteiger partial charge >= 0.3 is 0 Å². The molecule has 0 saturated carbocycles. The van der Waals surface area contributed by atoms with E-state index in [2.05, 4.69) is 34.4 Å². The number of hydrogen-bond donors (Lipinski definition) is 1. The molecular formula is C21H24N4O2. The number of benzene rings is 2. The second-order valence-corrected chi connectivity index (χ2v) is 6.35. The third-order valence-electron chi connectivity index (χ3n) is 4.56. The minimum atomic E-state index is -0.149. The van der Waals surface area contributed by atoms with E-state index in [0.29, 0.717) is 17.9 Å². The maximum atomic E-state index is 12.5. The van der Waals surface area contributed by atoms with E-state index in [1.54, 1.807) is 24.2 Å². The first kappa shape index (κ1) is 18.5. The Labute approximate surface area is 159 Å². The number of anilines is 1. The predicted octanol–water partition coefficient (Wildman–Crippen LogP) is 3.14. The monoisotopic (exact) mass is 364 g/mol. The smallest absolute Gasteiger partial charge is 0.254 e. The molecule has 6 heteroatoms. The molecule has 0 aliphatic carbocycles. The van der Waals surface area contributed by atoms with Crippen LogP contribution < -0.4 is 15.0 Å². The van der Waals surface area contributed by atoms with Gasteiger partial charge in [-0.3, -0.25) is 4.79 Å². The van der Waals surface area contributed by atoms with E-state index >= 15 is 0 Å². The van der Waals surface area contributed by atoms with Crippen LogP contribution in [0.4, 0.5) is 5.69 Å². The summed E-state index contributed by atoms with van der Waals surface area (Å²) in [4.78, 5) is 14.6. The number of amides is 1. The Morgan fingerprint density at radius 3 is 2.63 bits per heavy atom. The SMILES string of the molecule is COc1ccccc1-n1cc(C(=O)NC[C@@H](C)N(C)c2ccccc2)cn1. The Morgan fingerprint density at radius 2 is 1.89 bits per heavy atom. The van der Waals surface area contributed by atoms with Crippen LogP contribution in [0.15, 0.2) is 67.0 Å². The molecule has 0 unspecified atom stereocenters. The molecular weight excluding hydrogens is 340 g/mol. The van der Waals surface area contributed by atoms with Gasteiger partial charge in [0.1, 0.15) is 11.4 Å². The summed E-state index contributed by atoms with van der Waals surface area (Å²) in [5.41, 5.74) is 2.41. The first-order valence-electron chi connectivity index (χ1n) is 8.84.